The molecule has 2 aliphatic rings. The average molecular weight is 500 g/mol. The fourth-order valence-electron chi connectivity index (χ4n) is 5.12. The van der Waals surface area contributed by atoms with Crippen LogP contribution in [0.25, 0.3) is 5.57 Å². The van der Waals surface area contributed by atoms with E-state index in [1.165, 1.54) is 10.9 Å². The van der Waals surface area contributed by atoms with E-state index in [-0.39, 0.29) is 11.6 Å². The Labute approximate surface area is 214 Å². The highest BCUT2D eigenvalue weighted by Gasteiger charge is 2.47. The van der Waals surface area contributed by atoms with Gasteiger partial charge in [-0.2, -0.15) is 5.10 Å². The first-order valence-corrected chi connectivity index (χ1v) is 12.4. The standard InChI is InChI=1S/C28H29N5O4/c1-3-20(18-7-5-4-6-8-18)24(32-25(34)23-11-14-29-33(23)2)26(35)30-19-9-10-21-22(17-19)31-27(36)28(21)12-15-37-16-13-28/h4-11,14,17H,3,12-13,15-16H2,1-2H3,(H,30,35)(H,31,36)(H,32,34). The zero-order valence-corrected chi connectivity index (χ0v) is 20.8. The van der Waals surface area contributed by atoms with Crippen LogP contribution in [0.1, 0.15) is 47.8 Å². The quantitative estimate of drug-likeness (QED) is 0.449. The van der Waals surface area contributed by atoms with Gasteiger partial charge in [-0.1, -0.05) is 43.3 Å². The van der Waals surface area contributed by atoms with E-state index in [1.54, 1.807) is 25.2 Å². The van der Waals surface area contributed by atoms with Crippen molar-refractivity contribution in [1.82, 2.24) is 15.1 Å². The van der Waals surface area contributed by atoms with Gasteiger partial charge >= 0.3 is 0 Å². The number of allylic oxidation sites excluding steroid dienone is 1. The minimum absolute atomic E-state index is 0.0318. The number of fused-ring (bicyclic) bond motifs is 2. The van der Waals surface area contributed by atoms with E-state index in [1.807, 2.05) is 43.3 Å². The molecule has 1 aromatic heterocycles. The molecule has 0 bridgehead atoms. The molecule has 0 saturated carbocycles. The Bertz CT molecular complexity index is 1390. The maximum atomic E-state index is 13.6. The number of carbonyl (C=O) groups is 3. The van der Waals surface area contributed by atoms with E-state index in [2.05, 4.69) is 21.0 Å². The summed E-state index contributed by atoms with van der Waals surface area (Å²) in [5.41, 5.74) is 3.57. The van der Waals surface area contributed by atoms with Crippen LogP contribution in [0.4, 0.5) is 11.4 Å². The Morgan fingerprint density at radius 2 is 1.86 bits per heavy atom. The Morgan fingerprint density at radius 3 is 2.54 bits per heavy atom. The first-order valence-electron chi connectivity index (χ1n) is 12.4. The third-order valence-electron chi connectivity index (χ3n) is 7.12. The summed E-state index contributed by atoms with van der Waals surface area (Å²) in [6, 6.07) is 16.5. The summed E-state index contributed by atoms with van der Waals surface area (Å²) in [6.45, 7) is 3.01. The number of anilines is 2. The van der Waals surface area contributed by atoms with Gasteiger partial charge in [-0.05, 0) is 54.2 Å². The summed E-state index contributed by atoms with van der Waals surface area (Å²) in [5.74, 6) is -0.924. The average Bonchev–Trinajstić information content (AvgIpc) is 3.45. The van der Waals surface area contributed by atoms with Crippen LogP contribution in [0.3, 0.4) is 0 Å². The largest absolute Gasteiger partial charge is 0.381 e. The van der Waals surface area contributed by atoms with Gasteiger partial charge in [0.1, 0.15) is 11.4 Å². The van der Waals surface area contributed by atoms with E-state index in [0.717, 1.165) is 11.1 Å². The van der Waals surface area contributed by atoms with Crippen LogP contribution >= 0.6 is 0 Å². The number of benzene rings is 2. The molecule has 1 saturated heterocycles. The molecule has 3 amide bonds. The van der Waals surface area contributed by atoms with Gasteiger partial charge in [0.25, 0.3) is 11.8 Å². The van der Waals surface area contributed by atoms with Gasteiger partial charge in [-0.25, -0.2) is 0 Å². The van der Waals surface area contributed by atoms with Gasteiger partial charge in [0, 0.05) is 37.8 Å². The van der Waals surface area contributed by atoms with Crippen molar-refractivity contribution in [3.8, 4) is 0 Å². The molecule has 2 aliphatic heterocycles. The van der Waals surface area contributed by atoms with E-state index in [0.29, 0.717) is 55.1 Å². The van der Waals surface area contributed by atoms with Crippen molar-refractivity contribution in [1.29, 1.82) is 0 Å². The third-order valence-corrected chi connectivity index (χ3v) is 7.12. The molecule has 1 spiro atoms. The summed E-state index contributed by atoms with van der Waals surface area (Å²) >= 11 is 0. The molecule has 5 rings (SSSR count). The highest BCUT2D eigenvalue weighted by atomic mass is 16.5. The molecular formula is C28H29N5O4. The number of aromatic nitrogens is 2. The van der Waals surface area contributed by atoms with Crippen LogP contribution in [0.5, 0.6) is 0 Å². The number of nitrogens with one attached hydrogen (secondary N) is 3. The van der Waals surface area contributed by atoms with E-state index >= 15 is 0 Å². The van der Waals surface area contributed by atoms with Crippen LogP contribution in [0.2, 0.25) is 0 Å². The van der Waals surface area contributed by atoms with E-state index in [9.17, 15) is 14.4 Å². The number of amides is 3. The van der Waals surface area contributed by atoms with Crippen molar-refractivity contribution < 1.29 is 19.1 Å². The Morgan fingerprint density at radius 1 is 1.11 bits per heavy atom. The van der Waals surface area contributed by atoms with Crippen molar-refractivity contribution in [3.63, 3.8) is 0 Å². The van der Waals surface area contributed by atoms with Crippen LogP contribution in [-0.2, 0) is 26.8 Å². The second kappa shape index (κ2) is 10.0. The summed E-state index contributed by atoms with van der Waals surface area (Å²) in [4.78, 5) is 39.6. The first kappa shape index (κ1) is 24.5. The van der Waals surface area contributed by atoms with Crippen LogP contribution in [-0.4, -0.2) is 40.7 Å². The maximum absolute atomic E-state index is 13.6. The molecule has 0 unspecified atom stereocenters. The topological polar surface area (TPSA) is 114 Å². The first-order chi connectivity index (χ1) is 17.9. The van der Waals surface area contributed by atoms with E-state index in [4.69, 9.17) is 4.74 Å². The Balaban J connectivity index is 1.47. The summed E-state index contributed by atoms with van der Waals surface area (Å²) in [7, 11) is 1.67. The van der Waals surface area contributed by atoms with Crippen molar-refractivity contribution in [3.05, 3.63) is 83.3 Å². The highest BCUT2D eigenvalue weighted by Crippen LogP contribution is 2.45. The number of hydrogen-bond donors (Lipinski definition) is 3. The molecule has 1 fully saturated rings. The van der Waals surface area contributed by atoms with Crippen LogP contribution < -0.4 is 16.0 Å². The Kier molecular flexibility index (Phi) is 6.62. The fraction of sp³-hybridized carbons (Fsp3) is 0.286. The lowest BCUT2D eigenvalue weighted by molar-refractivity contribution is -0.124. The molecule has 3 heterocycles. The van der Waals surface area contributed by atoms with Crippen molar-refractivity contribution in [2.75, 3.05) is 23.8 Å². The second-order valence-corrected chi connectivity index (χ2v) is 9.23. The van der Waals surface area contributed by atoms with Gasteiger partial charge in [-0.3, -0.25) is 19.1 Å². The molecule has 3 N–H and O–H groups in total. The van der Waals surface area contributed by atoms with Gasteiger partial charge in [0.15, 0.2) is 0 Å². The van der Waals surface area contributed by atoms with Crippen molar-refractivity contribution in [2.45, 2.75) is 31.6 Å². The number of aryl methyl sites for hydroxylation is 1. The number of hydrogen-bond acceptors (Lipinski definition) is 5. The maximum Gasteiger partial charge on any atom is 0.274 e. The molecule has 9 nitrogen and oxygen atoms in total. The summed E-state index contributed by atoms with van der Waals surface area (Å²) in [5, 5.41) is 12.8. The minimum atomic E-state index is -0.582. The molecule has 2 aromatic carbocycles. The molecule has 9 heteroatoms. The molecule has 190 valence electrons. The zero-order chi connectivity index (χ0) is 26.0. The fourth-order valence-corrected chi connectivity index (χ4v) is 5.12. The molecule has 0 aliphatic carbocycles. The van der Waals surface area contributed by atoms with Gasteiger partial charge in [0.05, 0.1) is 5.41 Å². The predicted molar refractivity (Wildman–Crippen MR) is 140 cm³/mol. The van der Waals surface area contributed by atoms with Crippen molar-refractivity contribution in [2.24, 2.45) is 7.05 Å². The molecule has 0 radical (unpaired) electrons. The third kappa shape index (κ3) is 4.53. The molecule has 0 atom stereocenters. The van der Waals surface area contributed by atoms with Crippen LogP contribution in [0, 0.1) is 0 Å². The molecular weight excluding hydrogens is 470 g/mol. The molecule has 37 heavy (non-hydrogen) atoms. The lowest BCUT2D eigenvalue weighted by Crippen LogP contribution is -2.39. The Hall–Kier alpha value is -4.24. The zero-order valence-electron chi connectivity index (χ0n) is 20.8. The van der Waals surface area contributed by atoms with Gasteiger partial charge < -0.3 is 20.7 Å². The van der Waals surface area contributed by atoms with Crippen LogP contribution in [0.15, 0.2) is 66.5 Å². The number of ether oxygens (including phenoxy) is 1. The minimum Gasteiger partial charge on any atom is -0.381 e. The van der Waals surface area contributed by atoms with Gasteiger partial charge in [-0.15, -0.1) is 0 Å². The summed E-state index contributed by atoms with van der Waals surface area (Å²) < 4.78 is 6.93. The normalized spacial score (nSPS) is 16.5. The SMILES string of the molecule is CCC(=C(NC(=O)c1ccnn1C)C(=O)Nc1ccc2c(c1)NC(=O)C21CCOCC1)c1ccccc1. The molecule has 3 aromatic rings. The number of nitrogens with zero attached hydrogens (tertiary/aromatic N) is 2. The monoisotopic (exact) mass is 499 g/mol. The second-order valence-electron chi connectivity index (χ2n) is 9.23. The number of rotatable bonds is 6. The predicted octanol–water partition coefficient (Wildman–Crippen LogP) is 3.61. The number of carbonyl (C=O) groups excluding carboxylic acids is 3. The smallest absolute Gasteiger partial charge is 0.274 e. The highest BCUT2D eigenvalue weighted by molar-refractivity contribution is 6.13. The summed E-state index contributed by atoms with van der Waals surface area (Å²) in [6.07, 6.45) is 3.30. The lowest BCUT2D eigenvalue weighted by atomic mass is 9.75. The van der Waals surface area contributed by atoms with E-state index < -0.39 is 17.2 Å². The van der Waals surface area contributed by atoms with Gasteiger partial charge in [0.2, 0.25) is 5.91 Å². The lowest BCUT2D eigenvalue weighted by Gasteiger charge is -2.31. The van der Waals surface area contributed by atoms with Crippen molar-refractivity contribution >= 4 is 34.7 Å².